The molecule has 0 aliphatic carbocycles. The second-order valence-electron chi connectivity index (χ2n) is 4.51. The van der Waals surface area contributed by atoms with Gasteiger partial charge in [-0.25, -0.2) is 0 Å². The average Bonchev–Trinajstić information content (AvgIpc) is 2.44. The first-order valence-electron chi connectivity index (χ1n) is 6.09. The quantitative estimate of drug-likeness (QED) is 0.755. The van der Waals surface area contributed by atoms with Crippen LogP contribution in [-0.2, 0) is 4.79 Å². The van der Waals surface area contributed by atoms with Crippen LogP contribution in [-0.4, -0.2) is 11.0 Å². The van der Waals surface area contributed by atoms with Crippen molar-refractivity contribution in [2.24, 2.45) is 5.73 Å². The molecule has 2 rings (SSSR count). The lowest BCUT2D eigenvalue weighted by atomic mass is 10.1. The van der Waals surface area contributed by atoms with Gasteiger partial charge >= 0.3 is 0 Å². The van der Waals surface area contributed by atoms with Gasteiger partial charge in [0.05, 0.1) is 10.2 Å². The smallest absolute Gasteiger partial charge is 0.245 e. The number of rotatable bonds is 3. The van der Waals surface area contributed by atoms with Gasteiger partial charge in [0.15, 0.2) is 5.75 Å². The lowest BCUT2D eigenvalue weighted by Crippen LogP contribution is -2.27. The fourth-order valence-corrected chi connectivity index (χ4v) is 2.12. The van der Waals surface area contributed by atoms with E-state index in [1.54, 1.807) is 18.2 Å². The van der Waals surface area contributed by atoms with Gasteiger partial charge in [0.25, 0.3) is 0 Å². The summed E-state index contributed by atoms with van der Waals surface area (Å²) in [5.41, 5.74) is 8.07. The van der Waals surface area contributed by atoms with E-state index in [0.717, 1.165) is 11.1 Å². The van der Waals surface area contributed by atoms with Crippen LogP contribution in [0.15, 0.2) is 46.9 Å². The van der Waals surface area contributed by atoms with Crippen LogP contribution in [0.5, 0.6) is 5.75 Å². The van der Waals surface area contributed by atoms with Crippen LogP contribution in [0.4, 0.5) is 5.69 Å². The number of hydrogen-bond donors (Lipinski definition) is 3. The zero-order valence-corrected chi connectivity index (χ0v) is 12.5. The molecule has 0 saturated heterocycles. The lowest BCUT2D eigenvalue weighted by Gasteiger charge is -2.14. The maximum absolute atomic E-state index is 12.1. The summed E-state index contributed by atoms with van der Waals surface area (Å²) in [6.07, 6.45) is 0. The number of carbonyl (C=O) groups excluding carboxylic acids is 1. The molecule has 0 saturated carbocycles. The van der Waals surface area contributed by atoms with E-state index in [4.69, 9.17) is 5.73 Å². The normalized spacial score (nSPS) is 11.9. The van der Waals surface area contributed by atoms with Gasteiger partial charge in [-0.1, -0.05) is 35.9 Å². The number of nitrogens with one attached hydrogen (secondary N) is 1. The highest BCUT2D eigenvalue weighted by Gasteiger charge is 2.17. The summed E-state index contributed by atoms with van der Waals surface area (Å²) in [6, 6.07) is 11.7. The Morgan fingerprint density at radius 2 is 1.90 bits per heavy atom. The van der Waals surface area contributed by atoms with E-state index in [1.165, 1.54) is 0 Å². The molecule has 0 fully saturated rings. The number of benzene rings is 2. The summed E-state index contributed by atoms with van der Waals surface area (Å²) >= 11 is 3.19. The Morgan fingerprint density at radius 1 is 1.25 bits per heavy atom. The molecule has 2 aromatic rings. The fraction of sp³-hybridized carbons (Fsp3) is 0.133. The number of hydrogen-bond acceptors (Lipinski definition) is 3. The second kappa shape index (κ2) is 6.07. The van der Waals surface area contributed by atoms with Crippen molar-refractivity contribution in [1.82, 2.24) is 0 Å². The molecule has 0 radical (unpaired) electrons. The predicted molar refractivity (Wildman–Crippen MR) is 82.5 cm³/mol. The SMILES string of the molecule is Cc1ccc(C(N)C(=O)Nc2cccc(Br)c2O)cc1. The molecular formula is C15H15BrN2O2. The van der Waals surface area contributed by atoms with Gasteiger partial charge in [0.2, 0.25) is 5.91 Å². The number of carbonyl (C=O) groups is 1. The van der Waals surface area contributed by atoms with Crippen LogP contribution in [0.1, 0.15) is 17.2 Å². The number of para-hydroxylation sites is 1. The summed E-state index contributed by atoms with van der Waals surface area (Å²) in [5.74, 6) is -0.390. The number of phenolic OH excluding ortho intramolecular Hbond substituents is 1. The molecule has 2 aromatic carbocycles. The average molecular weight is 335 g/mol. The number of halogens is 1. The molecule has 0 aliphatic rings. The van der Waals surface area contributed by atoms with E-state index in [2.05, 4.69) is 21.2 Å². The monoisotopic (exact) mass is 334 g/mol. The van der Waals surface area contributed by atoms with Gasteiger partial charge in [-0.2, -0.15) is 0 Å². The molecular weight excluding hydrogens is 320 g/mol. The van der Waals surface area contributed by atoms with Crippen molar-refractivity contribution in [3.8, 4) is 5.75 Å². The third-order valence-corrected chi connectivity index (χ3v) is 3.60. The zero-order chi connectivity index (χ0) is 14.7. The lowest BCUT2D eigenvalue weighted by molar-refractivity contribution is -0.117. The van der Waals surface area contributed by atoms with E-state index in [-0.39, 0.29) is 11.7 Å². The molecule has 1 atom stereocenters. The Balaban J connectivity index is 2.15. The van der Waals surface area contributed by atoms with Crippen molar-refractivity contribution >= 4 is 27.5 Å². The van der Waals surface area contributed by atoms with Gasteiger partial charge in [0, 0.05) is 0 Å². The van der Waals surface area contributed by atoms with Gasteiger partial charge in [-0.3, -0.25) is 4.79 Å². The third kappa shape index (κ3) is 3.18. The Labute approximate surface area is 125 Å². The van der Waals surface area contributed by atoms with Gasteiger partial charge < -0.3 is 16.2 Å². The first-order chi connectivity index (χ1) is 9.49. The highest BCUT2D eigenvalue weighted by molar-refractivity contribution is 9.10. The van der Waals surface area contributed by atoms with E-state index in [0.29, 0.717) is 10.2 Å². The summed E-state index contributed by atoms with van der Waals surface area (Å²) in [5, 5.41) is 12.5. The largest absolute Gasteiger partial charge is 0.505 e. The van der Waals surface area contributed by atoms with Crippen molar-refractivity contribution < 1.29 is 9.90 Å². The molecule has 1 amide bonds. The number of anilines is 1. The molecule has 1 unspecified atom stereocenters. The van der Waals surface area contributed by atoms with E-state index < -0.39 is 6.04 Å². The van der Waals surface area contributed by atoms with Crippen molar-refractivity contribution in [3.05, 3.63) is 58.1 Å². The van der Waals surface area contributed by atoms with Crippen LogP contribution in [0, 0.1) is 6.92 Å². The zero-order valence-electron chi connectivity index (χ0n) is 10.9. The first-order valence-corrected chi connectivity index (χ1v) is 6.89. The minimum absolute atomic E-state index is 0.0167. The second-order valence-corrected chi connectivity index (χ2v) is 5.37. The summed E-state index contributed by atoms with van der Waals surface area (Å²) < 4.78 is 0.513. The van der Waals surface area contributed by atoms with E-state index in [9.17, 15) is 9.90 Å². The molecule has 0 spiro atoms. The van der Waals surface area contributed by atoms with Crippen LogP contribution in [0.25, 0.3) is 0 Å². The van der Waals surface area contributed by atoms with E-state index in [1.807, 2.05) is 31.2 Å². The number of phenols is 1. The van der Waals surface area contributed by atoms with Crippen molar-refractivity contribution in [1.29, 1.82) is 0 Å². The fourth-order valence-electron chi connectivity index (χ4n) is 1.75. The molecule has 5 heteroatoms. The Hall–Kier alpha value is -1.85. The molecule has 0 aliphatic heterocycles. The summed E-state index contributed by atoms with van der Waals surface area (Å²) in [4.78, 5) is 12.1. The predicted octanol–water partition coefficient (Wildman–Crippen LogP) is 3.10. The van der Waals surface area contributed by atoms with Gasteiger partial charge in [-0.15, -0.1) is 0 Å². The molecule has 20 heavy (non-hydrogen) atoms. The number of aryl methyl sites for hydroxylation is 1. The molecule has 104 valence electrons. The topological polar surface area (TPSA) is 75.4 Å². The number of amides is 1. The standard InChI is InChI=1S/C15H15BrN2O2/c1-9-5-7-10(8-6-9)13(17)15(20)18-12-4-2-3-11(16)14(12)19/h2-8,13,19H,17H2,1H3,(H,18,20). The number of aromatic hydroxyl groups is 1. The number of nitrogens with two attached hydrogens (primary N) is 1. The van der Waals surface area contributed by atoms with Crippen LogP contribution in [0.2, 0.25) is 0 Å². The highest BCUT2D eigenvalue weighted by Crippen LogP contribution is 2.31. The molecule has 4 N–H and O–H groups in total. The molecule has 0 aromatic heterocycles. The first kappa shape index (κ1) is 14.6. The van der Waals surface area contributed by atoms with E-state index >= 15 is 0 Å². The van der Waals surface area contributed by atoms with Crippen molar-refractivity contribution in [3.63, 3.8) is 0 Å². The van der Waals surface area contributed by atoms with Crippen molar-refractivity contribution in [2.75, 3.05) is 5.32 Å². The summed E-state index contributed by atoms with van der Waals surface area (Å²) in [6.45, 7) is 1.97. The Bertz CT molecular complexity index is 626. The van der Waals surface area contributed by atoms with Crippen LogP contribution >= 0.6 is 15.9 Å². The Kier molecular flexibility index (Phi) is 4.42. The molecule has 0 heterocycles. The third-order valence-electron chi connectivity index (χ3n) is 2.96. The summed E-state index contributed by atoms with van der Waals surface area (Å²) in [7, 11) is 0. The molecule has 0 bridgehead atoms. The maximum Gasteiger partial charge on any atom is 0.245 e. The molecule has 4 nitrogen and oxygen atoms in total. The van der Waals surface area contributed by atoms with Crippen molar-refractivity contribution in [2.45, 2.75) is 13.0 Å². The highest BCUT2D eigenvalue weighted by atomic mass is 79.9. The van der Waals surface area contributed by atoms with Gasteiger partial charge in [0.1, 0.15) is 6.04 Å². The minimum atomic E-state index is -0.783. The van der Waals surface area contributed by atoms with Crippen LogP contribution < -0.4 is 11.1 Å². The maximum atomic E-state index is 12.1. The van der Waals surface area contributed by atoms with Crippen LogP contribution in [0.3, 0.4) is 0 Å². The Morgan fingerprint density at radius 3 is 2.55 bits per heavy atom. The van der Waals surface area contributed by atoms with Gasteiger partial charge in [-0.05, 0) is 40.5 Å². The minimum Gasteiger partial charge on any atom is -0.505 e.